The van der Waals surface area contributed by atoms with Gasteiger partial charge in [-0.1, -0.05) is 0 Å². The number of pyridine rings is 1. The predicted octanol–water partition coefficient (Wildman–Crippen LogP) is 3.08. The lowest BCUT2D eigenvalue weighted by atomic mass is 10.2. The van der Waals surface area contributed by atoms with Gasteiger partial charge in [-0.15, -0.1) is 0 Å². The second-order valence-electron chi connectivity index (χ2n) is 7.38. The summed E-state index contributed by atoms with van der Waals surface area (Å²) in [5, 5.41) is 5.98. The lowest BCUT2D eigenvalue weighted by molar-refractivity contribution is 0.102. The Morgan fingerprint density at radius 3 is 2.47 bits per heavy atom. The predicted molar refractivity (Wildman–Crippen MR) is 118 cm³/mol. The molecule has 1 fully saturated rings. The van der Waals surface area contributed by atoms with Crippen LogP contribution in [-0.2, 0) is 7.05 Å². The van der Waals surface area contributed by atoms with Gasteiger partial charge in [0, 0.05) is 49.5 Å². The highest BCUT2D eigenvalue weighted by atomic mass is 16.2. The van der Waals surface area contributed by atoms with Crippen LogP contribution >= 0.6 is 0 Å². The fourth-order valence-electron chi connectivity index (χ4n) is 3.45. The van der Waals surface area contributed by atoms with E-state index in [0.717, 1.165) is 30.3 Å². The third-order valence-corrected chi connectivity index (χ3v) is 5.04. The molecule has 2 aromatic heterocycles. The summed E-state index contributed by atoms with van der Waals surface area (Å²) in [6.07, 6.45) is 3.99. The van der Waals surface area contributed by atoms with E-state index >= 15 is 0 Å². The molecule has 0 aliphatic carbocycles. The Hall–Kier alpha value is -3.68. The Morgan fingerprint density at radius 2 is 1.73 bits per heavy atom. The molecule has 2 N–H and O–H groups in total. The van der Waals surface area contributed by atoms with Crippen molar-refractivity contribution in [3.8, 4) is 0 Å². The lowest BCUT2D eigenvalue weighted by Gasteiger charge is -2.17. The lowest BCUT2D eigenvalue weighted by Crippen LogP contribution is -2.26. The Kier molecular flexibility index (Phi) is 5.47. The molecule has 1 aliphatic heterocycles. The first-order valence-electron chi connectivity index (χ1n) is 9.94. The molecule has 3 aromatic rings. The van der Waals surface area contributed by atoms with Crippen molar-refractivity contribution in [2.45, 2.75) is 19.8 Å². The summed E-state index contributed by atoms with van der Waals surface area (Å²) in [5.41, 5.74) is 2.08. The molecule has 1 amide bonds. The summed E-state index contributed by atoms with van der Waals surface area (Å²) < 4.78 is 1.38. The maximum absolute atomic E-state index is 12.4. The number of hydrogen-bond donors (Lipinski definition) is 2. The van der Waals surface area contributed by atoms with Crippen LogP contribution in [0.4, 0.5) is 23.1 Å². The van der Waals surface area contributed by atoms with Crippen molar-refractivity contribution in [1.29, 1.82) is 0 Å². The Balaban J connectivity index is 1.46. The molecular formula is C22H24N6O2. The van der Waals surface area contributed by atoms with E-state index in [1.807, 2.05) is 25.1 Å². The number of hydrogen-bond acceptors (Lipinski definition) is 6. The molecule has 154 valence electrons. The average Bonchev–Trinajstić information content (AvgIpc) is 3.26. The smallest absolute Gasteiger partial charge is 0.263 e. The van der Waals surface area contributed by atoms with Crippen molar-refractivity contribution < 1.29 is 4.79 Å². The number of aromatic nitrogens is 3. The van der Waals surface area contributed by atoms with Gasteiger partial charge in [-0.3, -0.25) is 9.59 Å². The molecule has 0 unspecified atom stereocenters. The number of benzene rings is 1. The molecule has 1 aliphatic rings. The van der Waals surface area contributed by atoms with E-state index in [9.17, 15) is 9.59 Å². The standard InChI is InChI=1S/C22H24N6O2/c1-15-14-19(28-12-3-4-13-28)26-22(23-15)25-17-9-7-16(8-10-17)24-20(29)18-6-5-11-27(2)21(18)30/h5-11,14H,3-4,12-13H2,1-2H3,(H,24,29)(H,23,25,26). The molecule has 8 heteroatoms. The van der Waals surface area contributed by atoms with Gasteiger partial charge in [0.1, 0.15) is 11.4 Å². The van der Waals surface area contributed by atoms with Gasteiger partial charge in [-0.2, -0.15) is 4.98 Å². The number of rotatable bonds is 5. The Labute approximate surface area is 174 Å². The van der Waals surface area contributed by atoms with E-state index in [1.54, 1.807) is 31.4 Å². The van der Waals surface area contributed by atoms with Crippen LogP contribution in [0.25, 0.3) is 0 Å². The monoisotopic (exact) mass is 404 g/mol. The summed E-state index contributed by atoms with van der Waals surface area (Å²) in [6, 6.07) is 12.4. The van der Waals surface area contributed by atoms with Crippen LogP contribution in [-0.4, -0.2) is 33.5 Å². The minimum atomic E-state index is -0.436. The Bertz CT molecular complexity index is 1120. The van der Waals surface area contributed by atoms with Crippen molar-refractivity contribution in [3.63, 3.8) is 0 Å². The quantitative estimate of drug-likeness (QED) is 0.679. The van der Waals surface area contributed by atoms with Gasteiger partial charge in [0.25, 0.3) is 11.5 Å². The molecular weight excluding hydrogens is 380 g/mol. The number of carbonyl (C=O) groups excluding carboxylic acids is 1. The summed E-state index contributed by atoms with van der Waals surface area (Å²) in [7, 11) is 1.61. The van der Waals surface area contributed by atoms with Crippen molar-refractivity contribution in [2.24, 2.45) is 7.05 Å². The largest absolute Gasteiger partial charge is 0.356 e. The highest BCUT2D eigenvalue weighted by Crippen LogP contribution is 2.22. The molecule has 0 atom stereocenters. The van der Waals surface area contributed by atoms with Crippen LogP contribution in [0.1, 0.15) is 28.9 Å². The highest BCUT2D eigenvalue weighted by molar-refractivity contribution is 6.04. The second-order valence-corrected chi connectivity index (χ2v) is 7.38. The number of amides is 1. The number of aryl methyl sites for hydroxylation is 2. The molecule has 30 heavy (non-hydrogen) atoms. The van der Waals surface area contributed by atoms with E-state index in [-0.39, 0.29) is 11.1 Å². The number of nitrogens with zero attached hydrogens (tertiary/aromatic N) is 4. The Morgan fingerprint density at radius 1 is 1.03 bits per heavy atom. The van der Waals surface area contributed by atoms with Crippen LogP contribution in [0.5, 0.6) is 0 Å². The summed E-state index contributed by atoms with van der Waals surface area (Å²) >= 11 is 0. The highest BCUT2D eigenvalue weighted by Gasteiger charge is 2.15. The van der Waals surface area contributed by atoms with Crippen LogP contribution in [0.2, 0.25) is 0 Å². The maximum Gasteiger partial charge on any atom is 0.263 e. The van der Waals surface area contributed by atoms with E-state index in [4.69, 9.17) is 0 Å². The van der Waals surface area contributed by atoms with Crippen LogP contribution < -0.4 is 21.1 Å². The molecule has 0 bridgehead atoms. The van der Waals surface area contributed by atoms with Crippen LogP contribution in [0.15, 0.2) is 53.5 Å². The summed E-state index contributed by atoms with van der Waals surface area (Å²) in [5.74, 6) is 1.05. The molecule has 4 rings (SSSR count). The minimum absolute atomic E-state index is 0.102. The molecule has 1 aromatic carbocycles. The van der Waals surface area contributed by atoms with Gasteiger partial charge in [0.05, 0.1) is 0 Å². The zero-order valence-corrected chi connectivity index (χ0v) is 17.1. The van der Waals surface area contributed by atoms with Crippen molar-refractivity contribution >= 4 is 29.0 Å². The first-order chi connectivity index (χ1) is 14.5. The third kappa shape index (κ3) is 4.32. The van der Waals surface area contributed by atoms with Gasteiger partial charge in [0.15, 0.2) is 0 Å². The molecule has 8 nitrogen and oxygen atoms in total. The normalized spacial score (nSPS) is 13.3. The SMILES string of the molecule is Cc1cc(N2CCCC2)nc(Nc2ccc(NC(=O)c3cccn(C)c3=O)cc2)n1. The zero-order chi connectivity index (χ0) is 21.1. The van der Waals surface area contributed by atoms with Crippen molar-refractivity contribution in [3.05, 3.63) is 70.3 Å². The van der Waals surface area contributed by atoms with Gasteiger partial charge in [0.2, 0.25) is 5.95 Å². The molecule has 0 radical (unpaired) electrons. The van der Waals surface area contributed by atoms with E-state index in [0.29, 0.717) is 11.6 Å². The van der Waals surface area contributed by atoms with Gasteiger partial charge in [-0.25, -0.2) is 4.98 Å². The first kappa shape index (κ1) is 19.6. The van der Waals surface area contributed by atoms with Gasteiger partial charge >= 0.3 is 0 Å². The summed E-state index contributed by atoms with van der Waals surface area (Å²) in [6.45, 7) is 4.00. The number of anilines is 4. The second kappa shape index (κ2) is 8.36. The van der Waals surface area contributed by atoms with E-state index in [2.05, 4.69) is 25.5 Å². The van der Waals surface area contributed by atoms with Gasteiger partial charge < -0.3 is 20.1 Å². The fraction of sp³-hybridized carbons (Fsp3) is 0.273. The summed E-state index contributed by atoms with van der Waals surface area (Å²) in [4.78, 5) is 35.9. The van der Waals surface area contributed by atoms with E-state index < -0.39 is 5.91 Å². The molecule has 3 heterocycles. The number of nitrogens with one attached hydrogen (secondary N) is 2. The van der Waals surface area contributed by atoms with Crippen molar-refractivity contribution in [1.82, 2.24) is 14.5 Å². The molecule has 1 saturated heterocycles. The number of carbonyl (C=O) groups is 1. The zero-order valence-electron chi connectivity index (χ0n) is 17.1. The van der Waals surface area contributed by atoms with Gasteiger partial charge in [-0.05, 0) is 56.2 Å². The van der Waals surface area contributed by atoms with Crippen LogP contribution in [0.3, 0.4) is 0 Å². The molecule has 0 saturated carbocycles. The topological polar surface area (TPSA) is 92.2 Å². The van der Waals surface area contributed by atoms with E-state index in [1.165, 1.54) is 23.5 Å². The fourth-order valence-corrected chi connectivity index (χ4v) is 3.45. The molecule has 0 spiro atoms. The third-order valence-electron chi connectivity index (χ3n) is 5.04. The average molecular weight is 404 g/mol. The van der Waals surface area contributed by atoms with Crippen LogP contribution in [0, 0.1) is 6.92 Å². The first-order valence-corrected chi connectivity index (χ1v) is 9.94. The maximum atomic E-state index is 12.4. The van der Waals surface area contributed by atoms with Crippen molar-refractivity contribution in [2.75, 3.05) is 28.6 Å². The minimum Gasteiger partial charge on any atom is -0.356 e.